The molecule has 0 radical (unpaired) electrons. The Bertz CT molecular complexity index is 1060. The average Bonchev–Trinajstić information content (AvgIpc) is 2.72. The highest BCUT2D eigenvalue weighted by Gasteiger charge is 2.16. The molecule has 0 saturated heterocycles. The largest absolute Gasteiger partial charge is 0.493 e. The predicted molar refractivity (Wildman–Crippen MR) is 111 cm³/mol. The molecule has 0 amide bonds. The van der Waals surface area contributed by atoms with Crippen LogP contribution in [0.25, 0.3) is 5.57 Å². The molecule has 1 aromatic carbocycles. The van der Waals surface area contributed by atoms with Gasteiger partial charge in [0.15, 0.2) is 17.3 Å². The van der Waals surface area contributed by atoms with E-state index in [-0.39, 0.29) is 0 Å². The van der Waals surface area contributed by atoms with Gasteiger partial charge in [0.25, 0.3) is 0 Å². The Balaban J connectivity index is 1.94. The molecule has 2 aromatic heterocycles. The Labute approximate surface area is 174 Å². The second kappa shape index (κ2) is 9.08. The van der Waals surface area contributed by atoms with Crippen LogP contribution in [-0.2, 0) is 6.54 Å². The number of nitrogens with one attached hydrogen (secondary N) is 1. The minimum atomic E-state index is 0.428. The van der Waals surface area contributed by atoms with Gasteiger partial charge in [0.2, 0.25) is 18.3 Å². The van der Waals surface area contributed by atoms with Crippen molar-refractivity contribution >= 4 is 11.5 Å². The molecule has 3 aromatic rings. The van der Waals surface area contributed by atoms with E-state index in [2.05, 4.69) is 20.3 Å². The predicted octanol–water partition coefficient (Wildman–Crippen LogP) is 2.07. The van der Waals surface area contributed by atoms with Crippen molar-refractivity contribution in [1.82, 2.24) is 15.0 Å². The summed E-state index contributed by atoms with van der Waals surface area (Å²) in [5.41, 5.74) is 9.22. The average molecular weight is 409 g/mol. The number of anilines is 1. The third-order valence-corrected chi connectivity index (χ3v) is 4.37. The van der Waals surface area contributed by atoms with Crippen molar-refractivity contribution in [2.45, 2.75) is 20.4 Å². The summed E-state index contributed by atoms with van der Waals surface area (Å²) < 4.78 is 11.7. The lowest BCUT2D eigenvalue weighted by molar-refractivity contribution is -0.904. The Hall–Kier alpha value is -3.88. The van der Waals surface area contributed by atoms with Gasteiger partial charge in [0.05, 0.1) is 14.2 Å². The first-order valence-electron chi connectivity index (χ1n) is 9.26. The molecule has 0 aliphatic rings. The van der Waals surface area contributed by atoms with E-state index in [1.54, 1.807) is 52.6 Å². The molecule has 156 valence electrons. The number of ether oxygens (including phenoxy) is 2. The number of nitrogens with two attached hydrogens (primary N) is 1. The molecule has 0 bridgehead atoms. The lowest BCUT2D eigenvalue weighted by atomic mass is 10.0. The van der Waals surface area contributed by atoms with Gasteiger partial charge in [-0.05, 0) is 37.1 Å². The molecule has 0 aliphatic heterocycles. The van der Waals surface area contributed by atoms with Crippen LogP contribution in [0.5, 0.6) is 11.5 Å². The number of nitrogens with zero attached hydrogens (tertiary/aromatic N) is 4. The van der Waals surface area contributed by atoms with Crippen molar-refractivity contribution in [3.05, 3.63) is 71.2 Å². The van der Waals surface area contributed by atoms with E-state index >= 15 is 0 Å². The lowest BCUT2D eigenvalue weighted by Gasteiger charge is -2.14. The molecule has 0 atom stereocenters. The number of hydrogen-bond acceptors (Lipinski definition) is 8. The van der Waals surface area contributed by atoms with E-state index < -0.39 is 0 Å². The monoisotopic (exact) mass is 409 g/mol. The van der Waals surface area contributed by atoms with Gasteiger partial charge in [-0.3, -0.25) is 5.21 Å². The van der Waals surface area contributed by atoms with Crippen LogP contribution in [0.4, 0.5) is 5.95 Å². The first-order chi connectivity index (χ1) is 14.4. The third-order valence-electron chi connectivity index (χ3n) is 4.37. The maximum atomic E-state index is 9.34. The van der Waals surface area contributed by atoms with Gasteiger partial charge >= 0.3 is 0 Å². The summed E-state index contributed by atoms with van der Waals surface area (Å²) in [6.45, 7) is 4.08. The van der Waals surface area contributed by atoms with Gasteiger partial charge in [0, 0.05) is 34.7 Å². The zero-order valence-electron chi connectivity index (χ0n) is 17.4. The molecule has 0 aliphatic carbocycles. The van der Waals surface area contributed by atoms with E-state index in [9.17, 15) is 5.21 Å². The number of aryl methyl sites for hydroxylation is 1. The number of pyridine rings is 1. The highest BCUT2D eigenvalue weighted by atomic mass is 16.5. The number of methoxy groups -OCH3 is 2. The molecule has 0 fully saturated rings. The van der Waals surface area contributed by atoms with Crippen LogP contribution in [0, 0.1) is 6.92 Å². The molecule has 0 spiro atoms. The van der Waals surface area contributed by atoms with E-state index in [4.69, 9.17) is 15.2 Å². The molecule has 30 heavy (non-hydrogen) atoms. The summed E-state index contributed by atoms with van der Waals surface area (Å²) in [5, 5.41) is 12.5. The Morgan fingerprint density at radius 2 is 1.77 bits per heavy atom. The lowest BCUT2D eigenvalue weighted by Crippen LogP contribution is -2.28. The smallest absolute Gasteiger partial charge is 0.226 e. The van der Waals surface area contributed by atoms with Crippen LogP contribution >= 0.6 is 0 Å². The van der Waals surface area contributed by atoms with Gasteiger partial charge < -0.3 is 20.5 Å². The van der Waals surface area contributed by atoms with Gasteiger partial charge in [-0.2, -0.15) is 9.97 Å². The number of hydrogen-bond donors (Lipinski definition) is 3. The van der Waals surface area contributed by atoms with Gasteiger partial charge in [-0.15, -0.1) is 0 Å². The summed E-state index contributed by atoms with van der Waals surface area (Å²) in [6, 6.07) is 9.12. The molecular formula is C21H25N6O3+. The molecule has 0 saturated carbocycles. The van der Waals surface area contributed by atoms with Gasteiger partial charge in [0.1, 0.15) is 5.82 Å². The summed E-state index contributed by atoms with van der Waals surface area (Å²) >= 11 is 0. The minimum Gasteiger partial charge on any atom is -0.493 e. The van der Waals surface area contributed by atoms with Crippen LogP contribution < -0.4 is 25.3 Å². The van der Waals surface area contributed by atoms with Crippen LogP contribution in [-0.4, -0.2) is 34.4 Å². The Morgan fingerprint density at radius 1 is 1.07 bits per heavy atom. The first-order valence-corrected chi connectivity index (χ1v) is 9.26. The number of rotatable bonds is 7. The molecule has 4 N–H and O–H groups in total. The fourth-order valence-electron chi connectivity index (χ4n) is 2.95. The molecule has 9 heteroatoms. The zero-order chi connectivity index (χ0) is 21.7. The van der Waals surface area contributed by atoms with E-state index in [1.165, 1.54) is 0 Å². The van der Waals surface area contributed by atoms with Crippen LogP contribution in [0.15, 0.2) is 48.4 Å². The minimum absolute atomic E-state index is 0.428. The Morgan fingerprint density at radius 3 is 2.40 bits per heavy atom. The van der Waals surface area contributed by atoms with Crippen molar-refractivity contribution in [2.24, 2.45) is 5.73 Å². The number of aromatic nitrogens is 4. The van der Waals surface area contributed by atoms with Crippen molar-refractivity contribution in [1.29, 1.82) is 0 Å². The fourth-order valence-corrected chi connectivity index (χ4v) is 2.95. The maximum absolute atomic E-state index is 9.34. The van der Waals surface area contributed by atoms with Crippen LogP contribution in [0.3, 0.4) is 0 Å². The normalized spacial score (nSPS) is 11.6. The second-order valence-electron chi connectivity index (χ2n) is 6.60. The highest BCUT2D eigenvalue weighted by molar-refractivity contribution is 5.79. The highest BCUT2D eigenvalue weighted by Crippen LogP contribution is 2.32. The maximum Gasteiger partial charge on any atom is 0.226 e. The van der Waals surface area contributed by atoms with Gasteiger partial charge in [-0.25, -0.2) is 4.98 Å². The topological polar surface area (TPSA) is 119 Å². The fraction of sp³-hybridized carbons (Fsp3) is 0.238. The van der Waals surface area contributed by atoms with Crippen molar-refractivity contribution < 1.29 is 19.4 Å². The second-order valence-corrected chi connectivity index (χ2v) is 6.60. The zero-order valence-corrected chi connectivity index (χ0v) is 17.4. The standard InChI is InChI=1S/C21H25N6O3/c1-13(22)19(16-5-6-17(29-3)18(11-16)30-4)20-24-14(2)25-21(26-20)23-12-15-7-9-27(28)10-8-15/h5-11,28H,12,22H2,1-4H3,(H,23,24,25,26)/q+1. The molecule has 9 nitrogen and oxygen atoms in total. The van der Waals surface area contributed by atoms with E-state index in [0.717, 1.165) is 15.9 Å². The first kappa shape index (κ1) is 20.8. The van der Waals surface area contributed by atoms with Crippen LogP contribution in [0.2, 0.25) is 0 Å². The summed E-state index contributed by atoms with van der Waals surface area (Å²) in [7, 11) is 3.17. The third kappa shape index (κ3) is 4.75. The van der Waals surface area contributed by atoms with Crippen molar-refractivity contribution in [2.75, 3.05) is 19.5 Å². The SMILES string of the molecule is COc1ccc(C(=C(C)N)c2nc(C)nc(NCc3cc[n+](O)cc3)n2)cc1OC. The number of allylic oxidation sites excluding steroid dienone is 1. The van der Waals surface area contributed by atoms with Crippen LogP contribution in [0.1, 0.15) is 29.7 Å². The van der Waals surface area contributed by atoms with E-state index in [0.29, 0.717) is 46.9 Å². The summed E-state index contributed by atoms with van der Waals surface area (Å²) in [4.78, 5) is 13.4. The summed E-state index contributed by atoms with van der Waals surface area (Å²) in [5.74, 6) is 2.65. The number of benzene rings is 1. The Kier molecular flexibility index (Phi) is 6.31. The summed E-state index contributed by atoms with van der Waals surface area (Å²) in [6.07, 6.45) is 3.10. The van der Waals surface area contributed by atoms with Crippen molar-refractivity contribution in [3.8, 4) is 11.5 Å². The van der Waals surface area contributed by atoms with E-state index in [1.807, 2.05) is 18.2 Å². The van der Waals surface area contributed by atoms with Crippen molar-refractivity contribution in [3.63, 3.8) is 0 Å². The quantitative estimate of drug-likeness (QED) is 0.401. The van der Waals surface area contributed by atoms with Gasteiger partial charge in [-0.1, -0.05) is 6.07 Å². The molecule has 2 heterocycles. The molecular weight excluding hydrogens is 384 g/mol. The molecule has 3 rings (SSSR count). The molecule has 0 unspecified atom stereocenters.